The first kappa shape index (κ1) is 30.1. The third-order valence-electron chi connectivity index (χ3n) is 3.56. The molecule has 180 valence electrons. The molecule has 2 unspecified atom stereocenters. The molecule has 0 aliphatic rings. The van der Waals surface area contributed by atoms with Crippen molar-refractivity contribution >= 4 is 90.5 Å². The van der Waals surface area contributed by atoms with Crippen molar-refractivity contribution in [1.82, 2.24) is 19.9 Å². The van der Waals surface area contributed by atoms with Crippen LogP contribution in [-0.4, -0.2) is 26.5 Å². The number of halogens is 2. The van der Waals surface area contributed by atoms with E-state index >= 15 is 0 Å². The van der Waals surface area contributed by atoms with Crippen LogP contribution in [0.3, 0.4) is 0 Å². The summed E-state index contributed by atoms with van der Waals surface area (Å²) >= 11 is 10.3. The van der Waals surface area contributed by atoms with Crippen molar-refractivity contribution in [1.29, 1.82) is 15.8 Å². The Balaban J connectivity index is 0.000000238. The first-order valence-electron chi connectivity index (χ1n) is 9.28. The van der Waals surface area contributed by atoms with Crippen molar-refractivity contribution in [3.05, 3.63) is 74.6 Å². The molecule has 0 saturated heterocycles. The van der Waals surface area contributed by atoms with Gasteiger partial charge in [-0.15, -0.1) is 45.3 Å². The van der Waals surface area contributed by atoms with Gasteiger partial charge in [-0.05, 0) is 45.2 Å². The van der Waals surface area contributed by atoms with Crippen LogP contribution in [0.5, 0.6) is 0 Å². The fourth-order valence-electron chi connectivity index (χ4n) is 2.08. The largest absolute Gasteiger partial charge is 0.342 e. The number of nitriles is 3. The van der Waals surface area contributed by atoms with E-state index in [0.29, 0.717) is 19.8 Å². The van der Waals surface area contributed by atoms with Gasteiger partial charge in [0, 0.05) is 0 Å². The predicted molar refractivity (Wildman–Crippen MR) is 159 cm³/mol. The van der Waals surface area contributed by atoms with E-state index in [9.17, 15) is 0 Å². The van der Waals surface area contributed by atoms with Crippen molar-refractivity contribution < 1.29 is 0 Å². The average Bonchev–Trinajstić information content (AvgIpc) is 3.70. The van der Waals surface area contributed by atoms with Gasteiger partial charge in [-0.1, -0.05) is 0 Å². The molecule has 0 bridgehead atoms. The molecule has 0 radical (unpaired) electrons. The van der Waals surface area contributed by atoms with E-state index in [1.807, 2.05) is 24.5 Å². The van der Waals surface area contributed by atoms with Crippen LogP contribution in [0, 0.1) is 59.5 Å². The summed E-state index contributed by atoms with van der Waals surface area (Å²) in [4.78, 5) is 27.1. The zero-order chi connectivity index (χ0) is 27.2. The van der Waals surface area contributed by atoms with E-state index in [1.165, 1.54) is 40.8 Å². The fraction of sp³-hybridized carbons (Fsp3) is 0.143. The van der Waals surface area contributed by atoms with Crippen LogP contribution in [0.15, 0.2) is 24.8 Å². The molecule has 0 spiro atoms. The smallest absolute Gasteiger partial charge is 0.301 e. The number of thiazole rings is 4. The normalized spacial score (nSPS) is 10.7. The summed E-state index contributed by atoms with van der Waals surface area (Å²) in [6.45, 7) is 19.8. The van der Waals surface area contributed by atoms with E-state index in [2.05, 4.69) is 79.7 Å². The highest BCUT2D eigenvalue weighted by atomic mass is 127. The van der Waals surface area contributed by atoms with Gasteiger partial charge in [-0.2, -0.15) is 15.8 Å². The lowest BCUT2D eigenvalue weighted by molar-refractivity contribution is 1.11. The lowest BCUT2D eigenvalue weighted by Gasteiger charge is -1.88. The van der Waals surface area contributed by atoms with Gasteiger partial charge >= 0.3 is 12.1 Å². The molecule has 0 amide bonds. The lowest BCUT2D eigenvalue weighted by atomic mass is 10.3. The van der Waals surface area contributed by atoms with Gasteiger partial charge in [0.25, 0.3) is 6.54 Å². The Morgan fingerprint density at radius 2 is 1.08 bits per heavy atom. The van der Waals surface area contributed by atoms with Crippen molar-refractivity contribution in [2.75, 3.05) is 6.54 Å². The van der Waals surface area contributed by atoms with Crippen molar-refractivity contribution in [3.8, 4) is 38.2 Å². The second kappa shape index (κ2) is 15.9. The maximum Gasteiger partial charge on any atom is 0.342 e. The molecule has 0 aliphatic heterocycles. The van der Waals surface area contributed by atoms with Gasteiger partial charge in [-0.25, -0.2) is 39.7 Å². The van der Waals surface area contributed by atoms with Crippen LogP contribution in [0.2, 0.25) is 0 Å². The molecule has 0 saturated carbocycles. The Morgan fingerprint density at radius 3 is 1.32 bits per heavy atom. The third kappa shape index (κ3) is 9.07. The standard InChI is InChI=1S/C12H4N6S2.C6H2I2N2S2.C3H2N2/c1-15-7(3-13)9-5-17-11(19-9)12-18-6-10(20-12)8(4-14)16-2;7-3-1-9-5(11-3)6-10-2-4(8)12-6;1-5-3-2-4/h5-8H;1-2H;3H2. The monoisotopic (exact) mass is 782 g/mol. The summed E-state index contributed by atoms with van der Waals surface area (Å²) in [6, 6.07) is 3.74. The van der Waals surface area contributed by atoms with Crippen LogP contribution in [-0.2, 0) is 0 Å². The molecule has 0 aliphatic carbocycles. The molecule has 37 heavy (non-hydrogen) atoms. The molecule has 4 aromatic rings. The van der Waals surface area contributed by atoms with Crippen LogP contribution in [0.4, 0.5) is 0 Å². The molecule has 0 N–H and O–H groups in total. The second-order valence-corrected chi connectivity index (χ2v) is 13.8. The van der Waals surface area contributed by atoms with Gasteiger partial charge in [0.15, 0.2) is 32.2 Å². The van der Waals surface area contributed by atoms with E-state index in [4.69, 9.17) is 35.5 Å². The molecular weight excluding hydrogens is 774 g/mol. The van der Waals surface area contributed by atoms with Gasteiger partial charge in [0.2, 0.25) is 0 Å². The zero-order valence-corrected chi connectivity index (χ0v) is 25.6. The summed E-state index contributed by atoms with van der Waals surface area (Å²) in [5.41, 5.74) is 0. The van der Waals surface area contributed by atoms with E-state index in [1.54, 1.807) is 28.7 Å². The molecule has 0 aromatic carbocycles. The number of hydrogen-bond donors (Lipinski definition) is 0. The summed E-state index contributed by atoms with van der Waals surface area (Å²) in [5, 5.41) is 28.5. The third-order valence-corrected chi connectivity index (χ3v) is 9.39. The zero-order valence-electron chi connectivity index (χ0n) is 18.0. The average molecular weight is 782 g/mol. The first-order valence-corrected chi connectivity index (χ1v) is 14.7. The van der Waals surface area contributed by atoms with Gasteiger partial charge in [-0.3, -0.25) is 9.69 Å². The first-order chi connectivity index (χ1) is 17.9. The van der Waals surface area contributed by atoms with Crippen LogP contribution in [0.1, 0.15) is 21.8 Å². The van der Waals surface area contributed by atoms with Gasteiger partial charge in [0.05, 0.1) is 30.6 Å². The van der Waals surface area contributed by atoms with Crippen molar-refractivity contribution in [3.63, 3.8) is 0 Å². The quantitative estimate of drug-likeness (QED) is 0.122. The molecule has 2 atom stereocenters. The Hall–Kier alpha value is -3.08. The highest BCUT2D eigenvalue weighted by Gasteiger charge is 2.22. The Bertz CT molecular complexity index is 1450. The minimum atomic E-state index is -0.851. The van der Waals surface area contributed by atoms with Gasteiger partial charge < -0.3 is 4.85 Å². The number of nitrogens with zero attached hydrogens (tertiary/aromatic N) is 10. The molecule has 16 heteroatoms. The summed E-state index contributed by atoms with van der Waals surface area (Å²) in [7, 11) is 0. The van der Waals surface area contributed by atoms with Crippen LogP contribution < -0.4 is 0 Å². The summed E-state index contributed by atoms with van der Waals surface area (Å²) < 4.78 is 2.40. The topological polar surface area (TPSA) is 136 Å². The van der Waals surface area contributed by atoms with Crippen LogP contribution >= 0.6 is 90.5 Å². The van der Waals surface area contributed by atoms with Gasteiger partial charge in [0.1, 0.15) is 15.8 Å². The van der Waals surface area contributed by atoms with E-state index in [0.717, 1.165) is 10.0 Å². The molecule has 4 heterocycles. The molecule has 4 rings (SSSR count). The Morgan fingerprint density at radius 1 is 0.703 bits per heavy atom. The van der Waals surface area contributed by atoms with Crippen molar-refractivity contribution in [2.24, 2.45) is 0 Å². The molecule has 4 aromatic heterocycles. The number of hydrogen-bond acceptors (Lipinski definition) is 11. The second-order valence-electron chi connectivity index (χ2n) is 5.87. The SMILES string of the molecule is Ic1cnc(-c2ncc(I)s2)s1.[C-]#[N+]C(C#N)c1cnc(-c2ncc(C(C#N)[N+]#[C-])s2)s1.[C-]#[N+]CC#N. The predicted octanol–water partition coefficient (Wildman–Crippen LogP) is 7.14. The summed E-state index contributed by atoms with van der Waals surface area (Å²) in [6.07, 6.45) is 6.72. The lowest BCUT2D eigenvalue weighted by Crippen LogP contribution is -1.82. The number of rotatable bonds is 4. The van der Waals surface area contributed by atoms with E-state index < -0.39 is 12.1 Å². The van der Waals surface area contributed by atoms with Crippen LogP contribution in [0.25, 0.3) is 34.6 Å². The highest BCUT2D eigenvalue weighted by molar-refractivity contribution is 14.1. The number of aromatic nitrogens is 4. The molecule has 10 nitrogen and oxygen atoms in total. The maximum absolute atomic E-state index is 8.83. The Labute approximate surface area is 255 Å². The minimum absolute atomic E-state index is 0.0139. The fourth-order valence-corrected chi connectivity index (χ4v) is 6.76. The van der Waals surface area contributed by atoms with E-state index in [-0.39, 0.29) is 6.54 Å². The summed E-state index contributed by atoms with van der Waals surface area (Å²) in [5.74, 6) is 0. The minimum Gasteiger partial charge on any atom is -0.301 e. The van der Waals surface area contributed by atoms with Crippen molar-refractivity contribution in [2.45, 2.75) is 12.1 Å². The highest BCUT2D eigenvalue weighted by Crippen LogP contribution is 2.35. The molecule has 0 fully saturated rings. The molecular formula is C21H8I2N10S4. The Kier molecular flexibility index (Phi) is 13.0. The maximum atomic E-state index is 8.83.